The molecule has 1 aromatic heterocycles. The Bertz CT molecular complexity index is 1090. The fraction of sp³-hybridized carbons (Fsp3) is 0.143. The molecule has 1 N–H and O–H groups in total. The maximum atomic E-state index is 12.8. The number of hydrogen-bond donors (Lipinski definition) is 1. The average molecular weight is 410 g/mol. The molecule has 0 spiro atoms. The molecular formula is C21H16F2N4O3. The fourth-order valence-electron chi connectivity index (χ4n) is 3.25. The maximum absolute atomic E-state index is 12.8. The number of carbonyl (C=O) groups is 3. The Morgan fingerprint density at radius 3 is 2.23 bits per heavy atom. The van der Waals surface area contributed by atoms with E-state index in [9.17, 15) is 23.2 Å². The van der Waals surface area contributed by atoms with Crippen molar-refractivity contribution in [3.8, 4) is 0 Å². The second kappa shape index (κ2) is 7.86. The summed E-state index contributed by atoms with van der Waals surface area (Å²) in [5.41, 5.74) is 1.74. The van der Waals surface area contributed by atoms with E-state index in [0.29, 0.717) is 26.8 Å². The van der Waals surface area contributed by atoms with Gasteiger partial charge in [0.2, 0.25) is 0 Å². The second-order valence-electron chi connectivity index (χ2n) is 6.65. The third-order valence-electron chi connectivity index (χ3n) is 4.80. The number of nitrogens with zero attached hydrogens (tertiary/aromatic N) is 3. The topological polar surface area (TPSA) is 84.3 Å². The molecule has 0 saturated carbocycles. The molecule has 2 aromatic carbocycles. The molecule has 0 unspecified atom stereocenters. The van der Waals surface area contributed by atoms with Crippen LogP contribution in [0.4, 0.5) is 8.78 Å². The molecule has 0 radical (unpaired) electrons. The van der Waals surface area contributed by atoms with Gasteiger partial charge in [0.1, 0.15) is 5.82 Å². The first-order valence-corrected chi connectivity index (χ1v) is 9.08. The third kappa shape index (κ3) is 3.57. The summed E-state index contributed by atoms with van der Waals surface area (Å²) in [6, 6.07) is 13.0. The van der Waals surface area contributed by atoms with Crippen molar-refractivity contribution in [1.29, 1.82) is 0 Å². The van der Waals surface area contributed by atoms with E-state index in [0.717, 1.165) is 11.1 Å². The number of fused-ring (bicyclic) bond motifs is 1. The van der Waals surface area contributed by atoms with Crippen LogP contribution in [-0.2, 0) is 13.1 Å². The van der Waals surface area contributed by atoms with Gasteiger partial charge in [0, 0.05) is 18.0 Å². The van der Waals surface area contributed by atoms with Crippen LogP contribution in [-0.4, -0.2) is 32.2 Å². The van der Waals surface area contributed by atoms with Gasteiger partial charge < -0.3 is 5.32 Å². The summed E-state index contributed by atoms with van der Waals surface area (Å²) >= 11 is 0. The molecule has 152 valence electrons. The van der Waals surface area contributed by atoms with Gasteiger partial charge in [0.15, 0.2) is 0 Å². The van der Waals surface area contributed by atoms with Gasteiger partial charge in [-0.2, -0.15) is 8.78 Å². The van der Waals surface area contributed by atoms with Crippen molar-refractivity contribution in [1.82, 2.24) is 19.8 Å². The molecule has 0 bridgehead atoms. The molecule has 2 heterocycles. The minimum absolute atomic E-state index is 0.0422. The second-order valence-corrected chi connectivity index (χ2v) is 6.65. The number of carbonyl (C=O) groups excluding carboxylic acids is 3. The zero-order valence-corrected chi connectivity index (χ0v) is 15.6. The number of halogens is 2. The van der Waals surface area contributed by atoms with E-state index >= 15 is 0 Å². The summed E-state index contributed by atoms with van der Waals surface area (Å²) in [5.74, 6) is -1.12. The minimum atomic E-state index is -2.74. The van der Waals surface area contributed by atoms with Crippen LogP contribution in [0.15, 0.2) is 60.9 Å². The molecule has 1 aliphatic heterocycles. The van der Waals surface area contributed by atoms with Crippen LogP contribution in [0, 0.1) is 0 Å². The molecule has 0 fully saturated rings. The number of nitrogens with one attached hydrogen (secondary N) is 1. The summed E-state index contributed by atoms with van der Waals surface area (Å²) in [5, 5.41) is 2.54. The van der Waals surface area contributed by atoms with Crippen LogP contribution in [0.3, 0.4) is 0 Å². The fourth-order valence-corrected chi connectivity index (χ4v) is 3.25. The molecule has 1 aliphatic rings. The number of benzene rings is 2. The number of rotatable bonds is 6. The average Bonchev–Trinajstić information content (AvgIpc) is 3.32. The molecule has 9 heteroatoms. The lowest BCUT2D eigenvalue weighted by Gasteiger charge is -2.14. The maximum Gasteiger partial charge on any atom is 0.319 e. The zero-order chi connectivity index (χ0) is 21.3. The van der Waals surface area contributed by atoms with Crippen LogP contribution >= 0.6 is 0 Å². The van der Waals surface area contributed by atoms with E-state index in [-0.39, 0.29) is 30.7 Å². The molecule has 7 nitrogen and oxygen atoms in total. The van der Waals surface area contributed by atoms with E-state index in [2.05, 4.69) is 10.3 Å². The van der Waals surface area contributed by atoms with Crippen molar-refractivity contribution in [2.45, 2.75) is 19.6 Å². The Morgan fingerprint density at radius 1 is 1.00 bits per heavy atom. The van der Waals surface area contributed by atoms with Gasteiger partial charge in [-0.1, -0.05) is 24.3 Å². The van der Waals surface area contributed by atoms with Gasteiger partial charge in [-0.3, -0.25) is 23.9 Å². The number of aromatic nitrogens is 2. The quantitative estimate of drug-likeness (QED) is 0.633. The first-order chi connectivity index (χ1) is 14.5. The van der Waals surface area contributed by atoms with Crippen molar-refractivity contribution in [3.63, 3.8) is 0 Å². The first kappa shape index (κ1) is 19.4. The summed E-state index contributed by atoms with van der Waals surface area (Å²) < 4.78 is 26.3. The van der Waals surface area contributed by atoms with E-state index in [1.807, 2.05) is 0 Å². The third-order valence-corrected chi connectivity index (χ3v) is 4.80. The van der Waals surface area contributed by atoms with Gasteiger partial charge in [0.25, 0.3) is 17.7 Å². The monoisotopic (exact) mass is 410 g/mol. The Kier molecular flexibility index (Phi) is 5.09. The van der Waals surface area contributed by atoms with Gasteiger partial charge in [0.05, 0.1) is 24.2 Å². The Labute approximate surface area is 169 Å². The molecule has 0 atom stereocenters. The highest BCUT2D eigenvalue weighted by Crippen LogP contribution is 2.24. The molecular weight excluding hydrogens is 394 g/mol. The summed E-state index contributed by atoms with van der Waals surface area (Å²) in [6.45, 7) is -2.80. The van der Waals surface area contributed by atoms with Crippen LogP contribution in [0.5, 0.6) is 0 Å². The molecule has 0 aliphatic carbocycles. The van der Waals surface area contributed by atoms with Crippen molar-refractivity contribution in [2.75, 3.05) is 0 Å². The van der Waals surface area contributed by atoms with Crippen LogP contribution < -0.4 is 5.32 Å². The lowest BCUT2D eigenvalue weighted by atomic mass is 10.1. The lowest BCUT2D eigenvalue weighted by molar-refractivity contribution is 0.0639. The molecule has 30 heavy (non-hydrogen) atoms. The predicted octanol–water partition coefficient (Wildman–Crippen LogP) is 3.00. The Balaban J connectivity index is 1.40. The molecule has 3 aromatic rings. The largest absolute Gasteiger partial charge is 0.345 e. The van der Waals surface area contributed by atoms with Crippen LogP contribution in [0.25, 0.3) is 0 Å². The van der Waals surface area contributed by atoms with Crippen LogP contribution in [0.1, 0.15) is 49.0 Å². The van der Waals surface area contributed by atoms with Crippen molar-refractivity contribution >= 4 is 17.7 Å². The summed E-state index contributed by atoms with van der Waals surface area (Å²) in [4.78, 5) is 42.1. The zero-order valence-electron chi connectivity index (χ0n) is 15.6. The smallest absolute Gasteiger partial charge is 0.319 e. The van der Waals surface area contributed by atoms with Crippen molar-refractivity contribution in [2.24, 2.45) is 0 Å². The van der Waals surface area contributed by atoms with Crippen molar-refractivity contribution < 1.29 is 23.2 Å². The van der Waals surface area contributed by atoms with Gasteiger partial charge in [-0.15, -0.1) is 0 Å². The predicted molar refractivity (Wildman–Crippen MR) is 102 cm³/mol. The highest BCUT2D eigenvalue weighted by atomic mass is 19.3. The van der Waals surface area contributed by atoms with Gasteiger partial charge in [-0.05, 0) is 29.8 Å². The van der Waals surface area contributed by atoms with E-state index in [1.165, 1.54) is 6.20 Å². The summed E-state index contributed by atoms with van der Waals surface area (Å²) in [6.07, 6.45) is 2.38. The lowest BCUT2D eigenvalue weighted by Crippen LogP contribution is -2.29. The highest BCUT2D eigenvalue weighted by Gasteiger charge is 2.34. The van der Waals surface area contributed by atoms with Crippen LogP contribution in [0.2, 0.25) is 0 Å². The van der Waals surface area contributed by atoms with E-state index in [1.54, 1.807) is 48.5 Å². The first-order valence-electron chi connectivity index (χ1n) is 9.08. The summed E-state index contributed by atoms with van der Waals surface area (Å²) in [7, 11) is 0. The Morgan fingerprint density at radius 2 is 1.63 bits per heavy atom. The highest BCUT2D eigenvalue weighted by molar-refractivity contribution is 6.21. The van der Waals surface area contributed by atoms with Gasteiger partial charge >= 0.3 is 6.55 Å². The normalized spacial score (nSPS) is 13.1. The number of imidazole rings is 1. The number of hydrogen-bond acceptors (Lipinski definition) is 4. The number of amides is 3. The number of imide groups is 1. The van der Waals surface area contributed by atoms with Gasteiger partial charge in [-0.25, -0.2) is 4.98 Å². The minimum Gasteiger partial charge on any atom is -0.345 e. The molecule has 0 saturated heterocycles. The van der Waals surface area contributed by atoms with E-state index in [4.69, 9.17) is 0 Å². The molecule has 3 amide bonds. The SMILES string of the molecule is O=C(NCc1nccn1C(F)F)c1ccc(CN2C(=O)c3ccccc3C2=O)cc1. The van der Waals surface area contributed by atoms with Crippen molar-refractivity contribution in [3.05, 3.63) is 89.0 Å². The Hall–Kier alpha value is -3.88. The van der Waals surface area contributed by atoms with E-state index < -0.39 is 12.5 Å². The number of alkyl halides is 2. The molecule has 4 rings (SSSR count). The standard InChI is InChI=1S/C21H16F2N4O3/c22-21(23)26-10-9-24-17(26)11-25-18(28)14-7-5-13(6-8-14)12-27-19(29)15-3-1-2-4-16(15)20(27)30/h1-10,21H,11-12H2,(H,25,28).